The third-order valence-electron chi connectivity index (χ3n) is 5.49. The summed E-state index contributed by atoms with van der Waals surface area (Å²) < 4.78 is 27.2. The molecule has 0 spiro atoms. The molecule has 0 fully saturated rings. The summed E-state index contributed by atoms with van der Waals surface area (Å²) >= 11 is 0. The molecule has 5 nitrogen and oxygen atoms in total. The van der Waals surface area contributed by atoms with Gasteiger partial charge in [0, 0.05) is 19.3 Å². The Balaban J connectivity index is 1.50. The third-order valence-corrected chi connectivity index (χ3v) is 5.49. The van der Waals surface area contributed by atoms with Crippen LogP contribution in [0.5, 0.6) is 5.75 Å². The second-order valence-electron chi connectivity index (χ2n) is 8.90. The van der Waals surface area contributed by atoms with Gasteiger partial charge in [0.05, 0.1) is 12.1 Å². The Labute approximate surface area is 182 Å². The van der Waals surface area contributed by atoms with Crippen molar-refractivity contribution < 1.29 is 18.7 Å². The molecule has 2 heterocycles. The van der Waals surface area contributed by atoms with Gasteiger partial charge in [-0.1, -0.05) is 24.3 Å². The van der Waals surface area contributed by atoms with Gasteiger partial charge in [0.1, 0.15) is 12.2 Å². The van der Waals surface area contributed by atoms with Crippen LogP contribution >= 0.6 is 0 Å². The van der Waals surface area contributed by atoms with Crippen LogP contribution in [-0.2, 0) is 24.1 Å². The van der Waals surface area contributed by atoms with Gasteiger partial charge in [0.2, 0.25) is 0 Å². The highest BCUT2D eigenvalue weighted by atomic mass is 19.1. The molecular weight excluding hydrogens is 395 g/mol. The second kappa shape index (κ2) is 8.61. The quantitative estimate of drug-likeness (QED) is 0.579. The number of aromatic nitrogens is 1. The Kier molecular flexibility index (Phi) is 5.90. The predicted molar refractivity (Wildman–Crippen MR) is 119 cm³/mol. The lowest BCUT2D eigenvalue weighted by atomic mass is 10.00. The van der Waals surface area contributed by atoms with E-state index in [0.29, 0.717) is 26.2 Å². The van der Waals surface area contributed by atoms with Gasteiger partial charge in [0.25, 0.3) is 0 Å². The number of para-hydroxylation sites is 1. The Morgan fingerprint density at radius 3 is 2.61 bits per heavy atom. The lowest BCUT2D eigenvalue weighted by Crippen LogP contribution is -2.38. The van der Waals surface area contributed by atoms with E-state index in [1.54, 1.807) is 23.1 Å². The fraction of sp³-hybridized carbons (Fsp3) is 0.400. The Hall–Kier alpha value is -3.02. The van der Waals surface area contributed by atoms with E-state index in [1.807, 2.05) is 27.0 Å². The van der Waals surface area contributed by atoms with Crippen LogP contribution in [0.3, 0.4) is 0 Å². The zero-order valence-electron chi connectivity index (χ0n) is 18.4. The molecule has 0 radical (unpaired) electrons. The van der Waals surface area contributed by atoms with Crippen LogP contribution in [0.1, 0.15) is 31.9 Å². The van der Waals surface area contributed by atoms with E-state index in [9.17, 15) is 9.18 Å². The molecule has 0 saturated heterocycles. The number of benzene rings is 2. The fourth-order valence-corrected chi connectivity index (χ4v) is 4.05. The summed E-state index contributed by atoms with van der Waals surface area (Å²) in [5, 5.41) is 1.16. The summed E-state index contributed by atoms with van der Waals surface area (Å²) in [6.45, 7) is 7.91. The van der Waals surface area contributed by atoms with Crippen LogP contribution in [0.25, 0.3) is 10.9 Å². The molecular formula is C25H29FN2O3. The van der Waals surface area contributed by atoms with Crippen molar-refractivity contribution >= 4 is 17.0 Å². The minimum Gasteiger partial charge on any atom is -0.489 e. The van der Waals surface area contributed by atoms with Gasteiger partial charge in [-0.25, -0.2) is 9.18 Å². The number of rotatable bonds is 4. The predicted octanol–water partition coefficient (Wildman–Crippen LogP) is 5.20. The van der Waals surface area contributed by atoms with E-state index in [2.05, 4.69) is 22.8 Å². The monoisotopic (exact) mass is 424 g/mol. The van der Waals surface area contributed by atoms with Crippen LogP contribution in [0.15, 0.2) is 48.7 Å². The van der Waals surface area contributed by atoms with Gasteiger partial charge in [-0.3, -0.25) is 0 Å². The summed E-state index contributed by atoms with van der Waals surface area (Å²) in [5.41, 5.74) is 3.19. The van der Waals surface area contributed by atoms with Gasteiger partial charge in [-0.2, -0.15) is 0 Å². The van der Waals surface area contributed by atoms with Crippen LogP contribution in [-0.4, -0.2) is 40.9 Å². The Bertz CT molecular complexity index is 1080. The van der Waals surface area contributed by atoms with Crippen molar-refractivity contribution in [3.63, 3.8) is 0 Å². The molecule has 3 aromatic rings. The molecule has 0 bridgehead atoms. The molecule has 0 atom stereocenters. The maximum absolute atomic E-state index is 13.8. The molecule has 1 aliphatic rings. The molecule has 0 saturated carbocycles. The van der Waals surface area contributed by atoms with Crippen molar-refractivity contribution in [2.45, 2.75) is 45.8 Å². The zero-order valence-corrected chi connectivity index (χ0v) is 18.4. The minimum absolute atomic E-state index is 0.259. The van der Waals surface area contributed by atoms with Crippen molar-refractivity contribution in [3.8, 4) is 5.75 Å². The zero-order chi connectivity index (χ0) is 22.0. The molecule has 164 valence electrons. The summed E-state index contributed by atoms with van der Waals surface area (Å²) in [7, 11) is 0. The van der Waals surface area contributed by atoms with E-state index < -0.39 is 5.60 Å². The first-order valence-corrected chi connectivity index (χ1v) is 10.8. The highest BCUT2D eigenvalue weighted by Gasteiger charge is 2.25. The molecule has 1 aliphatic heterocycles. The average molecular weight is 425 g/mol. The third kappa shape index (κ3) is 4.84. The molecule has 6 heteroatoms. The van der Waals surface area contributed by atoms with Crippen LogP contribution in [0.4, 0.5) is 9.18 Å². The van der Waals surface area contributed by atoms with E-state index in [-0.39, 0.29) is 17.7 Å². The van der Waals surface area contributed by atoms with E-state index >= 15 is 0 Å². The number of hydrogen-bond donors (Lipinski definition) is 0. The summed E-state index contributed by atoms with van der Waals surface area (Å²) in [6, 6.07) is 12.8. The molecule has 0 unspecified atom stereocenters. The van der Waals surface area contributed by atoms with Crippen molar-refractivity contribution in [1.29, 1.82) is 0 Å². The van der Waals surface area contributed by atoms with Crippen molar-refractivity contribution in [1.82, 2.24) is 9.47 Å². The molecule has 0 N–H and O–H groups in total. The Morgan fingerprint density at radius 2 is 1.84 bits per heavy atom. The first-order chi connectivity index (χ1) is 14.8. The first kappa shape index (κ1) is 21.2. The second-order valence-corrected chi connectivity index (χ2v) is 8.90. The molecule has 2 aromatic carbocycles. The largest absolute Gasteiger partial charge is 0.489 e. The van der Waals surface area contributed by atoms with Gasteiger partial charge >= 0.3 is 6.09 Å². The van der Waals surface area contributed by atoms with Gasteiger partial charge in [-0.05, 0) is 68.3 Å². The standard InChI is InChI=1S/C25H29FN2O3/c1-25(2,3)31-24(29)28-14-10-18-8-9-19-11-13-27(23(19)20(18)12-15-28)16-17-30-22-7-5-4-6-21(22)26/h4-9,11,13H,10,12,14-17H2,1-3H3. The number of hydrogen-bond acceptors (Lipinski definition) is 3. The Morgan fingerprint density at radius 1 is 1.06 bits per heavy atom. The highest BCUT2D eigenvalue weighted by molar-refractivity contribution is 5.85. The summed E-state index contributed by atoms with van der Waals surface area (Å²) in [6.07, 6.45) is 3.35. The molecule has 0 aliphatic carbocycles. The van der Waals surface area contributed by atoms with Gasteiger partial charge < -0.3 is 18.9 Å². The van der Waals surface area contributed by atoms with Gasteiger partial charge in [-0.15, -0.1) is 0 Å². The number of halogens is 1. The average Bonchev–Trinajstić information content (AvgIpc) is 2.99. The van der Waals surface area contributed by atoms with E-state index in [4.69, 9.17) is 9.47 Å². The summed E-state index contributed by atoms with van der Waals surface area (Å²) in [5.74, 6) is -0.0817. The number of fused-ring (bicyclic) bond motifs is 3. The maximum atomic E-state index is 13.8. The topological polar surface area (TPSA) is 43.7 Å². The maximum Gasteiger partial charge on any atom is 0.410 e. The first-order valence-electron chi connectivity index (χ1n) is 10.8. The number of nitrogens with zero attached hydrogens (tertiary/aromatic N) is 2. The molecule has 1 aromatic heterocycles. The fourth-order valence-electron chi connectivity index (χ4n) is 4.05. The highest BCUT2D eigenvalue weighted by Crippen LogP contribution is 2.28. The van der Waals surface area contributed by atoms with Crippen molar-refractivity contribution in [2.75, 3.05) is 19.7 Å². The van der Waals surface area contributed by atoms with E-state index in [0.717, 1.165) is 18.2 Å². The number of amides is 1. The van der Waals surface area contributed by atoms with Crippen LogP contribution in [0.2, 0.25) is 0 Å². The van der Waals surface area contributed by atoms with Crippen molar-refractivity contribution in [2.24, 2.45) is 0 Å². The molecule has 1 amide bonds. The van der Waals surface area contributed by atoms with Crippen LogP contribution < -0.4 is 4.74 Å². The SMILES string of the molecule is CC(C)(C)OC(=O)N1CCc2ccc3ccn(CCOc4ccccc4F)c3c2CC1. The van der Waals surface area contributed by atoms with Crippen molar-refractivity contribution in [3.05, 3.63) is 65.6 Å². The number of carbonyl (C=O) groups excluding carboxylic acids is 1. The lowest BCUT2D eigenvalue weighted by Gasteiger charge is -2.26. The number of carbonyl (C=O) groups is 1. The smallest absolute Gasteiger partial charge is 0.410 e. The minimum atomic E-state index is -0.504. The summed E-state index contributed by atoms with van der Waals surface area (Å²) in [4.78, 5) is 14.4. The molecule has 31 heavy (non-hydrogen) atoms. The van der Waals surface area contributed by atoms with Crippen LogP contribution in [0, 0.1) is 5.82 Å². The van der Waals surface area contributed by atoms with Gasteiger partial charge in [0.15, 0.2) is 11.6 Å². The lowest BCUT2D eigenvalue weighted by molar-refractivity contribution is 0.0258. The molecule has 4 rings (SSSR count). The van der Waals surface area contributed by atoms with E-state index in [1.165, 1.54) is 22.7 Å². The number of ether oxygens (including phenoxy) is 2. The normalized spacial score (nSPS) is 14.3.